The lowest BCUT2D eigenvalue weighted by atomic mass is 10.0. The van der Waals surface area contributed by atoms with Crippen LogP contribution in [0.15, 0.2) is 12.5 Å². The average molecular weight is 222 g/mol. The Balaban J connectivity index is 2.14. The monoisotopic (exact) mass is 222 g/mol. The molecule has 88 valence electrons. The Hall–Kier alpha value is -1.32. The molecular formula is C12H18N2O2. The zero-order chi connectivity index (χ0) is 11.5. The molecule has 0 saturated heterocycles. The molecule has 1 fully saturated rings. The predicted molar refractivity (Wildman–Crippen MR) is 60.4 cm³/mol. The summed E-state index contributed by atoms with van der Waals surface area (Å²) >= 11 is 0. The minimum Gasteiger partial charge on any atom is -0.481 e. The van der Waals surface area contributed by atoms with Crippen LogP contribution in [0.1, 0.15) is 56.7 Å². The molecule has 1 aliphatic carbocycles. The molecule has 0 aliphatic heterocycles. The van der Waals surface area contributed by atoms with Crippen molar-refractivity contribution in [3.63, 3.8) is 0 Å². The van der Waals surface area contributed by atoms with Crippen LogP contribution in [-0.4, -0.2) is 20.6 Å². The van der Waals surface area contributed by atoms with Gasteiger partial charge in [-0.3, -0.25) is 4.79 Å². The zero-order valence-electron chi connectivity index (χ0n) is 9.59. The smallest absolute Gasteiger partial charge is 0.304 e. The SMILES string of the molecule is CC(CC(=O)O)c1cncn1C1CCCC1. The molecular weight excluding hydrogens is 204 g/mol. The van der Waals surface area contributed by atoms with Crippen molar-refractivity contribution in [3.05, 3.63) is 18.2 Å². The Morgan fingerprint density at radius 1 is 1.62 bits per heavy atom. The highest BCUT2D eigenvalue weighted by molar-refractivity contribution is 5.67. The van der Waals surface area contributed by atoms with E-state index in [4.69, 9.17) is 5.11 Å². The van der Waals surface area contributed by atoms with Gasteiger partial charge in [0.2, 0.25) is 0 Å². The van der Waals surface area contributed by atoms with E-state index in [1.54, 1.807) is 0 Å². The number of aliphatic carboxylic acids is 1. The standard InChI is InChI=1S/C12H18N2O2/c1-9(6-12(15)16)11-7-13-8-14(11)10-4-2-3-5-10/h7-10H,2-6H2,1H3,(H,15,16). The second-order valence-electron chi connectivity index (χ2n) is 4.66. The van der Waals surface area contributed by atoms with Crippen molar-refractivity contribution in [2.24, 2.45) is 0 Å². The molecule has 1 aromatic heterocycles. The first-order chi connectivity index (χ1) is 7.68. The molecule has 0 amide bonds. The Labute approximate surface area is 95.3 Å². The molecule has 0 radical (unpaired) electrons. The van der Waals surface area contributed by atoms with E-state index in [-0.39, 0.29) is 12.3 Å². The van der Waals surface area contributed by atoms with Crippen LogP contribution in [0.2, 0.25) is 0 Å². The van der Waals surface area contributed by atoms with Crippen molar-refractivity contribution in [1.82, 2.24) is 9.55 Å². The molecule has 0 spiro atoms. The summed E-state index contributed by atoms with van der Waals surface area (Å²) in [5, 5.41) is 8.81. The fourth-order valence-corrected chi connectivity index (χ4v) is 2.55. The van der Waals surface area contributed by atoms with E-state index in [2.05, 4.69) is 9.55 Å². The third-order valence-corrected chi connectivity index (χ3v) is 3.40. The lowest BCUT2D eigenvalue weighted by Crippen LogP contribution is -2.12. The van der Waals surface area contributed by atoms with Crippen LogP contribution in [0.5, 0.6) is 0 Å². The van der Waals surface area contributed by atoms with Crippen molar-refractivity contribution < 1.29 is 9.90 Å². The highest BCUT2D eigenvalue weighted by Crippen LogP contribution is 2.32. The van der Waals surface area contributed by atoms with Gasteiger partial charge in [0.25, 0.3) is 0 Å². The Morgan fingerprint density at radius 2 is 2.31 bits per heavy atom. The van der Waals surface area contributed by atoms with Gasteiger partial charge in [-0.1, -0.05) is 19.8 Å². The number of carboxylic acids is 1. The van der Waals surface area contributed by atoms with Crippen molar-refractivity contribution in [2.75, 3.05) is 0 Å². The Bertz CT molecular complexity index is 367. The van der Waals surface area contributed by atoms with E-state index in [1.165, 1.54) is 25.7 Å². The summed E-state index contributed by atoms with van der Waals surface area (Å²) in [5.41, 5.74) is 1.06. The second-order valence-corrected chi connectivity index (χ2v) is 4.66. The third-order valence-electron chi connectivity index (χ3n) is 3.40. The van der Waals surface area contributed by atoms with Gasteiger partial charge in [-0.25, -0.2) is 4.98 Å². The topological polar surface area (TPSA) is 55.1 Å². The number of carboxylic acid groups (broad SMARTS) is 1. The van der Waals surface area contributed by atoms with Crippen molar-refractivity contribution in [1.29, 1.82) is 0 Å². The molecule has 4 heteroatoms. The van der Waals surface area contributed by atoms with Gasteiger partial charge in [0.05, 0.1) is 12.7 Å². The normalized spacial score (nSPS) is 18.8. The van der Waals surface area contributed by atoms with Crippen molar-refractivity contribution >= 4 is 5.97 Å². The number of aromatic nitrogens is 2. The molecule has 1 aliphatic rings. The summed E-state index contributed by atoms with van der Waals surface area (Å²) in [4.78, 5) is 14.9. The number of rotatable bonds is 4. The van der Waals surface area contributed by atoms with Gasteiger partial charge in [-0.2, -0.15) is 0 Å². The van der Waals surface area contributed by atoms with Crippen LogP contribution < -0.4 is 0 Å². The second kappa shape index (κ2) is 4.68. The molecule has 16 heavy (non-hydrogen) atoms. The van der Waals surface area contributed by atoms with Crippen LogP contribution in [0.25, 0.3) is 0 Å². The summed E-state index contributed by atoms with van der Waals surface area (Å²) < 4.78 is 2.18. The molecule has 1 heterocycles. The molecule has 1 unspecified atom stereocenters. The van der Waals surface area contributed by atoms with Gasteiger partial charge in [-0.15, -0.1) is 0 Å². The maximum Gasteiger partial charge on any atom is 0.304 e. The quantitative estimate of drug-likeness (QED) is 0.851. The van der Waals surface area contributed by atoms with E-state index in [0.717, 1.165) is 5.69 Å². The summed E-state index contributed by atoms with van der Waals surface area (Å²) in [5.74, 6) is -0.702. The van der Waals surface area contributed by atoms with Gasteiger partial charge < -0.3 is 9.67 Å². The lowest BCUT2D eigenvalue weighted by molar-refractivity contribution is -0.137. The third kappa shape index (κ3) is 2.26. The average Bonchev–Trinajstić information content (AvgIpc) is 2.87. The number of imidazole rings is 1. The first kappa shape index (κ1) is 11.2. The van der Waals surface area contributed by atoms with Crippen LogP contribution in [0.3, 0.4) is 0 Å². The van der Waals surface area contributed by atoms with Crippen LogP contribution in [0.4, 0.5) is 0 Å². The highest BCUT2D eigenvalue weighted by atomic mass is 16.4. The fraction of sp³-hybridized carbons (Fsp3) is 0.667. The maximum atomic E-state index is 10.7. The van der Waals surface area contributed by atoms with E-state index in [9.17, 15) is 4.79 Å². The first-order valence-electron chi connectivity index (χ1n) is 5.92. The zero-order valence-corrected chi connectivity index (χ0v) is 9.59. The van der Waals surface area contributed by atoms with Gasteiger partial charge in [0.15, 0.2) is 0 Å². The lowest BCUT2D eigenvalue weighted by Gasteiger charge is -2.18. The number of nitrogens with zero attached hydrogens (tertiary/aromatic N) is 2. The van der Waals surface area contributed by atoms with Crippen molar-refractivity contribution in [2.45, 2.75) is 51.0 Å². The molecule has 4 nitrogen and oxygen atoms in total. The molecule has 1 aromatic rings. The van der Waals surface area contributed by atoms with E-state index >= 15 is 0 Å². The predicted octanol–water partition coefficient (Wildman–Crippen LogP) is 2.58. The minimum atomic E-state index is -0.744. The molecule has 0 bridgehead atoms. The van der Waals surface area contributed by atoms with E-state index in [0.29, 0.717) is 6.04 Å². The molecule has 1 N–H and O–H groups in total. The Kier molecular flexibility index (Phi) is 3.27. The number of hydrogen-bond donors (Lipinski definition) is 1. The molecule has 0 aromatic carbocycles. The van der Waals surface area contributed by atoms with Crippen LogP contribution in [-0.2, 0) is 4.79 Å². The summed E-state index contributed by atoms with van der Waals surface area (Å²) in [6, 6.07) is 0.536. The maximum absolute atomic E-state index is 10.7. The number of hydrogen-bond acceptors (Lipinski definition) is 2. The molecule has 2 rings (SSSR count). The summed E-state index contributed by atoms with van der Waals surface area (Å²) in [6.07, 6.45) is 8.78. The van der Waals surface area contributed by atoms with Crippen LogP contribution in [0, 0.1) is 0 Å². The molecule has 1 saturated carbocycles. The van der Waals surface area contributed by atoms with Gasteiger partial charge in [-0.05, 0) is 12.8 Å². The van der Waals surface area contributed by atoms with Crippen molar-refractivity contribution in [3.8, 4) is 0 Å². The van der Waals surface area contributed by atoms with E-state index < -0.39 is 5.97 Å². The van der Waals surface area contributed by atoms with Gasteiger partial charge in [0, 0.05) is 23.9 Å². The first-order valence-corrected chi connectivity index (χ1v) is 5.92. The highest BCUT2D eigenvalue weighted by Gasteiger charge is 2.22. The summed E-state index contributed by atoms with van der Waals surface area (Å²) in [6.45, 7) is 1.95. The minimum absolute atomic E-state index is 0.0422. The largest absolute Gasteiger partial charge is 0.481 e. The molecule has 1 atom stereocenters. The van der Waals surface area contributed by atoms with Gasteiger partial charge >= 0.3 is 5.97 Å². The summed E-state index contributed by atoms with van der Waals surface area (Å²) in [7, 11) is 0. The Morgan fingerprint density at radius 3 is 2.94 bits per heavy atom. The fourth-order valence-electron chi connectivity index (χ4n) is 2.55. The van der Waals surface area contributed by atoms with Crippen LogP contribution >= 0.6 is 0 Å². The van der Waals surface area contributed by atoms with E-state index in [1.807, 2.05) is 19.4 Å². The van der Waals surface area contributed by atoms with Gasteiger partial charge in [0.1, 0.15) is 0 Å². The number of carbonyl (C=O) groups is 1.